The summed E-state index contributed by atoms with van der Waals surface area (Å²) in [6.45, 7) is 6.68. The second kappa shape index (κ2) is 6.71. The number of carbonyl (C=O) groups is 1. The molecule has 0 fully saturated rings. The minimum Gasteiger partial charge on any atom is -0.444 e. The fourth-order valence-corrected chi connectivity index (χ4v) is 2.65. The zero-order chi connectivity index (χ0) is 16.3. The Morgan fingerprint density at radius 2 is 2.14 bits per heavy atom. The Bertz CT molecular complexity index is 590. The van der Waals surface area contributed by atoms with Crippen molar-refractivity contribution in [3.8, 4) is 0 Å². The molecule has 0 spiro atoms. The van der Waals surface area contributed by atoms with Gasteiger partial charge in [-0.25, -0.2) is 4.79 Å². The molecule has 0 radical (unpaired) electrons. The van der Waals surface area contributed by atoms with E-state index in [-0.39, 0.29) is 12.7 Å². The van der Waals surface area contributed by atoms with Crippen molar-refractivity contribution in [2.75, 3.05) is 13.1 Å². The highest BCUT2D eigenvalue weighted by molar-refractivity contribution is 6.32. The first-order valence-electron chi connectivity index (χ1n) is 7.37. The van der Waals surface area contributed by atoms with E-state index in [1.54, 1.807) is 11.0 Å². The molecule has 0 aliphatic carbocycles. The molecule has 0 atom stereocenters. The summed E-state index contributed by atoms with van der Waals surface area (Å²) in [4.78, 5) is 13.7. The van der Waals surface area contributed by atoms with Crippen LogP contribution in [0.3, 0.4) is 0 Å². The number of amides is 1. The van der Waals surface area contributed by atoms with Crippen molar-refractivity contribution in [1.82, 2.24) is 4.90 Å². The minimum absolute atomic E-state index is 0.0224. The topological polar surface area (TPSA) is 49.8 Å². The number of nitrogens with zero attached hydrogens (tertiary/aromatic N) is 1. The quantitative estimate of drug-likeness (QED) is 0.899. The fourth-order valence-electron chi connectivity index (χ4n) is 2.32. The van der Waals surface area contributed by atoms with E-state index in [0.717, 1.165) is 23.1 Å². The summed E-state index contributed by atoms with van der Waals surface area (Å²) in [6.07, 6.45) is 2.45. The molecule has 0 bridgehead atoms. The summed E-state index contributed by atoms with van der Waals surface area (Å²) >= 11 is 6.27. The molecule has 0 unspecified atom stereocenters. The van der Waals surface area contributed by atoms with Crippen molar-refractivity contribution < 1.29 is 14.6 Å². The van der Waals surface area contributed by atoms with Crippen LogP contribution in [0.25, 0.3) is 5.57 Å². The van der Waals surface area contributed by atoms with Crippen LogP contribution in [0.1, 0.15) is 38.3 Å². The van der Waals surface area contributed by atoms with Gasteiger partial charge in [0.2, 0.25) is 0 Å². The number of halogens is 1. The summed E-state index contributed by atoms with van der Waals surface area (Å²) in [5.41, 5.74) is 2.39. The van der Waals surface area contributed by atoms with Crippen LogP contribution in [0.15, 0.2) is 24.3 Å². The highest BCUT2D eigenvalue weighted by Gasteiger charge is 2.24. The van der Waals surface area contributed by atoms with E-state index in [9.17, 15) is 4.79 Å². The van der Waals surface area contributed by atoms with Crippen molar-refractivity contribution >= 4 is 23.3 Å². The van der Waals surface area contributed by atoms with Crippen molar-refractivity contribution in [3.05, 3.63) is 40.4 Å². The normalized spacial score (nSPS) is 15.5. The number of hydrogen-bond donors (Lipinski definition) is 1. The molecule has 120 valence electrons. The minimum atomic E-state index is -0.482. The second-order valence-corrected chi connectivity index (χ2v) is 6.79. The lowest BCUT2D eigenvalue weighted by molar-refractivity contribution is 0.0270. The summed E-state index contributed by atoms with van der Waals surface area (Å²) in [7, 11) is 0. The maximum absolute atomic E-state index is 12.0. The number of ether oxygens (including phenoxy) is 1. The average Bonchev–Trinajstić information content (AvgIpc) is 2.45. The van der Waals surface area contributed by atoms with Crippen molar-refractivity contribution in [3.63, 3.8) is 0 Å². The van der Waals surface area contributed by atoms with E-state index in [2.05, 4.69) is 0 Å². The molecule has 0 saturated carbocycles. The highest BCUT2D eigenvalue weighted by Crippen LogP contribution is 2.29. The zero-order valence-corrected chi connectivity index (χ0v) is 14.0. The molecule has 0 aromatic heterocycles. The number of carbonyl (C=O) groups excluding carboxylic acids is 1. The Labute approximate surface area is 136 Å². The van der Waals surface area contributed by atoms with E-state index >= 15 is 0 Å². The lowest BCUT2D eigenvalue weighted by Gasteiger charge is -2.29. The van der Waals surface area contributed by atoms with Crippen LogP contribution in [-0.4, -0.2) is 34.8 Å². The first kappa shape index (κ1) is 16.8. The predicted octanol–water partition coefficient (Wildman–Crippen LogP) is 3.86. The second-order valence-electron chi connectivity index (χ2n) is 6.38. The van der Waals surface area contributed by atoms with Gasteiger partial charge in [0, 0.05) is 18.1 Å². The Hall–Kier alpha value is -1.52. The molecule has 22 heavy (non-hydrogen) atoms. The molecular formula is C17H22ClNO3. The monoisotopic (exact) mass is 323 g/mol. The van der Waals surface area contributed by atoms with Gasteiger partial charge in [-0.3, -0.25) is 0 Å². The van der Waals surface area contributed by atoms with Gasteiger partial charge in [-0.1, -0.05) is 29.8 Å². The number of aliphatic hydroxyl groups is 1. The first-order chi connectivity index (χ1) is 10.3. The van der Waals surface area contributed by atoms with E-state index < -0.39 is 5.60 Å². The van der Waals surface area contributed by atoms with Crippen molar-refractivity contribution in [1.29, 1.82) is 0 Å². The molecule has 1 N–H and O–H groups in total. The Kier molecular flexibility index (Phi) is 5.14. The number of rotatable bonds is 2. The van der Waals surface area contributed by atoms with Crippen LogP contribution < -0.4 is 0 Å². The van der Waals surface area contributed by atoms with Crippen LogP contribution in [0.2, 0.25) is 5.02 Å². The SMILES string of the molecule is CC(C)(C)OC(=O)N1CC=C(c2ccc(CO)cc2Cl)CC1. The maximum Gasteiger partial charge on any atom is 0.410 e. The molecule has 1 aromatic rings. The lowest BCUT2D eigenvalue weighted by Crippen LogP contribution is -2.39. The molecule has 2 rings (SSSR count). The Balaban J connectivity index is 2.07. The molecule has 1 aliphatic rings. The third kappa shape index (κ3) is 4.24. The van der Waals surface area contributed by atoms with Gasteiger partial charge in [0.1, 0.15) is 5.60 Å². The summed E-state index contributed by atoms with van der Waals surface area (Å²) in [6, 6.07) is 5.56. The lowest BCUT2D eigenvalue weighted by atomic mass is 9.98. The average molecular weight is 324 g/mol. The summed E-state index contributed by atoms with van der Waals surface area (Å²) in [5, 5.41) is 9.75. The largest absolute Gasteiger partial charge is 0.444 e. The number of aliphatic hydroxyl groups excluding tert-OH is 1. The van der Waals surface area contributed by atoms with Crippen LogP contribution in [0.4, 0.5) is 4.79 Å². The fraction of sp³-hybridized carbons (Fsp3) is 0.471. The van der Waals surface area contributed by atoms with Gasteiger partial charge in [-0.2, -0.15) is 0 Å². The van der Waals surface area contributed by atoms with Crippen LogP contribution in [0.5, 0.6) is 0 Å². The molecule has 0 saturated heterocycles. The molecular weight excluding hydrogens is 302 g/mol. The smallest absolute Gasteiger partial charge is 0.410 e. The van der Waals surface area contributed by atoms with Crippen LogP contribution in [-0.2, 0) is 11.3 Å². The van der Waals surface area contributed by atoms with E-state index in [1.807, 2.05) is 39.0 Å². The number of hydrogen-bond acceptors (Lipinski definition) is 3. The van der Waals surface area contributed by atoms with Gasteiger partial charge in [0.05, 0.1) is 6.61 Å². The van der Waals surface area contributed by atoms with Crippen LogP contribution >= 0.6 is 11.6 Å². The Morgan fingerprint density at radius 1 is 1.41 bits per heavy atom. The van der Waals surface area contributed by atoms with Gasteiger partial charge in [0.25, 0.3) is 0 Å². The van der Waals surface area contributed by atoms with Gasteiger partial charge >= 0.3 is 6.09 Å². The van der Waals surface area contributed by atoms with Gasteiger partial charge in [-0.05, 0) is 50.0 Å². The van der Waals surface area contributed by atoms with Crippen molar-refractivity contribution in [2.45, 2.75) is 39.4 Å². The van der Waals surface area contributed by atoms with E-state index in [1.165, 1.54) is 0 Å². The highest BCUT2D eigenvalue weighted by atomic mass is 35.5. The van der Waals surface area contributed by atoms with E-state index in [4.69, 9.17) is 21.4 Å². The predicted molar refractivity (Wildman–Crippen MR) is 87.8 cm³/mol. The van der Waals surface area contributed by atoms with Gasteiger partial charge in [0.15, 0.2) is 0 Å². The zero-order valence-electron chi connectivity index (χ0n) is 13.2. The molecule has 1 heterocycles. The van der Waals surface area contributed by atoms with Gasteiger partial charge in [-0.15, -0.1) is 0 Å². The summed E-state index contributed by atoms with van der Waals surface area (Å²) in [5.74, 6) is 0. The Morgan fingerprint density at radius 3 is 2.64 bits per heavy atom. The first-order valence-corrected chi connectivity index (χ1v) is 7.74. The molecule has 5 heteroatoms. The van der Waals surface area contributed by atoms with Crippen LogP contribution in [0, 0.1) is 0 Å². The van der Waals surface area contributed by atoms with E-state index in [0.29, 0.717) is 18.1 Å². The van der Waals surface area contributed by atoms with Crippen molar-refractivity contribution in [2.24, 2.45) is 0 Å². The third-order valence-corrected chi connectivity index (χ3v) is 3.74. The third-order valence-electron chi connectivity index (χ3n) is 3.42. The summed E-state index contributed by atoms with van der Waals surface area (Å²) < 4.78 is 5.38. The molecule has 1 amide bonds. The number of benzene rings is 1. The van der Waals surface area contributed by atoms with Gasteiger partial charge < -0.3 is 14.7 Å². The molecule has 1 aromatic carbocycles. The maximum atomic E-state index is 12.0. The standard InChI is InChI=1S/C17H22ClNO3/c1-17(2,3)22-16(21)19-8-6-13(7-9-19)14-5-4-12(11-20)10-15(14)18/h4-6,10,20H,7-9,11H2,1-3H3. The molecule has 1 aliphatic heterocycles. The molecule has 4 nitrogen and oxygen atoms in total.